The number of unbranched alkanes of at least 4 members (excludes halogenated alkanes) is 7. The summed E-state index contributed by atoms with van der Waals surface area (Å²) in [7, 11) is 0. The van der Waals surface area contributed by atoms with Crippen molar-refractivity contribution in [2.24, 2.45) is 0 Å². The lowest BCUT2D eigenvalue weighted by atomic mass is 10.0. The Balaban J connectivity index is 1.23. The maximum atomic E-state index is 10.4. The molecule has 0 aromatic heterocycles. The van der Waals surface area contributed by atoms with Crippen LogP contribution in [-0.4, -0.2) is 48.3 Å². The van der Waals surface area contributed by atoms with Crippen LogP contribution in [0.5, 0.6) is 0 Å². The molecule has 0 saturated carbocycles. The predicted molar refractivity (Wildman–Crippen MR) is 98.8 cm³/mol. The van der Waals surface area contributed by atoms with Gasteiger partial charge in [-0.1, -0.05) is 58.3 Å². The Morgan fingerprint density at radius 2 is 1.32 bits per heavy atom. The molecule has 3 rings (SSSR count). The Hall–Kier alpha value is -0.160. The normalized spacial score (nSPS) is 36.0. The maximum Gasteiger partial charge on any atom is 0.107 e. The van der Waals surface area contributed by atoms with E-state index in [0.717, 1.165) is 45.1 Å². The number of rotatable bonds is 12. The third-order valence-electron chi connectivity index (χ3n) is 6.14. The fraction of sp³-hybridized carbons (Fsp3) is 1.00. The number of aliphatic hydroxyl groups is 1. The van der Waals surface area contributed by atoms with Crippen molar-refractivity contribution in [3.8, 4) is 0 Å². The summed E-state index contributed by atoms with van der Waals surface area (Å²) in [4.78, 5) is 0. The van der Waals surface area contributed by atoms with Gasteiger partial charge in [0.2, 0.25) is 0 Å². The van der Waals surface area contributed by atoms with Crippen LogP contribution in [0.4, 0.5) is 0 Å². The Morgan fingerprint density at radius 1 is 0.760 bits per heavy atom. The van der Waals surface area contributed by atoms with E-state index in [-0.39, 0.29) is 30.5 Å². The summed E-state index contributed by atoms with van der Waals surface area (Å²) in [5, 5.41) is 10.4. The van der Waals surface area contributed by atoms with Crippen molar-refractivity contribution in [1.29, 1.82) is 0 Å². The molecule has 0 aromatic rings. The van der Waals surface area contributed by atoms with Crippen molar-refractivity contribution in [1.82, 2.24) is 0 Å². The highest BCUT2D eigenvalue weighted by molar-refractivity contribution is 4.91. The second-order valence-corrected chi connectivity index (χ2v) is 8.28. The Kier molecular flexibility index (Phi) is 8.03. The number of hydrogen-bond donors (Lipinski definition) is 1. The average Bonchev–Trinajstić information content (AvgIpc) is 3.15. The van der Waals surface area contributed by atoms with Crippen LogP contribution in [0, 0.1) is 0 Å². The first-order valence-electron chi connectivity index (χ1n) is 10.9. The molecule has 25 heavy (non-hydrogen) atoms. The predicted octanol–water partition coefficient (Wildman–Crippen LogP) is 4.37. The average molecular weight is 355 g/mol. The molecule has 1 unspecified atom stereocenters. The lowest BCUT2D eigenvalue weighted by molar-refractivity contribution is -0.0955. The fourth-order valence-electron chi connectivity index (χ4n) is 4.43. The molecule has 4 heteroatoms. The zero-order chi connectivity index (χ0) is 17.5. The third kappa shape index (κ3) is 6.20. The molecular formula is C21H38O4. The summed E-state index contributed by atoms with van der Waals surface area (Å²) < 4.78 is 17.6. The van der Waals surface area contributed by atoms with Gasteiger partial charge in [-0.2, -0.15) is 0 Å². The fourth-order valence-corrected chi connectivity index (χ4v) is 4.43. The van der Waals surface area contributed by atoms with Gasteiger partial charge in [0.1, 0.15) is 6.10 Å². The van der Waals surface area contributed by atoms with Crippen molar-refractivity contribution in [3.05, 3.63) is 0 Å². The monoisotopic (exact) mass is 354 g/mol. The second kappa shape index (κ2) is 10.2. The Labute approximate surface area is 153 Å². The van der Waals surface area contributed by atoms with E-state index < -0.39 is 0 Å². The van der Waals surface area contributed by atoms with E-state index in [2.05, 4.69) is 6.92 Å². The van der Waals surface area contributed by atoms with Crippen molar-refractivity contribution in [3.63, 3.8) is 0 Å². The molecule has 3 aliphatic heterocycles. The quantitative estimate of drug-likeness (QED) is 0.418. The minimum atomic E-state index is -0.297. The van der Waals surface area contributed by atoms with Crippen molar-refractivity contribution >= 4 is 0 Å². The van der Waals surface area contributed by atoms with E-state index in [0.29, 0.717) is 6.10 Å². The largest absolute Gasteiger partial charge is 0.390 e. The number of hydrogen-bond acceptors (Lipinski definition) is 4. The molecule has 3 aliphatic rings. The van der Waals surface area contributed by atoms with Gasteiger partial charge in [0.15, 0.2) is 0 Å². The highest BCUT2D eigenvalue weighted by atomic mass is 16.6. The summed E-state index contributed by atoms with van der Waals surface area (Å²) in [6.07, 6.45) is 16.3. The van der Waals surface area contributed by atoms with Crippen molar-refractivity contribution in [2.75, 3.05) is 6.61 Å². The summed E-state index contributed by atoms with van der Waals surface area (Å²) in [6.45, 7) is 3.12. The standard InChI is InChI=1S/C21H38O4/c1-2-3-4-5-6-7-8-9-10-16(22)17-11-12-18(24-17)19-13-14-20(25-19)21-15-23-21/h16-22H,2-15H2,1H3/t16?,17-,18+,19+,20+,21+/m0/s1. The third-order valence-corrected chi connectivity index (χ3v) is 6.14. The number of aliphatic hydroxyl groups excluding tert-OH is 1. The highest BCUT2D eigenvalue weighted by Crippen LogP contribution is 2.36. The van der Waals surface area contributed by atoms with E-state index in [1.54, 1.807) is 0 Å². The molecule has 0 aliphatic carbocycles. The van der Waals surface area contributed by atoms with Gasteiger partial charge in [-0.15, -0.1) is 0 Å². The van der Waals surface area contributed by atoms with Gasteiger partial charge in [0.05, 0.1) is 37.1 Å². The SMILES string of the molecule is CCCCCCCCCCC(O)[C@@H]1CC[C@H]([C@H]2CC[C@H]([C@H]3CO3)O2)O1. The van der Waals surface area contributed by atoms with Crippen LogP contribution in [0.2, 0.25) is 0 Å². The number of ether oxygens (including phenoxy) is 3. The topological polar surface area (TPSA) is 51.2 Å². The summed E-state index contributed by atoms with van der Waals surface area (Å²) in [5.74, 6) is 0. The Morgan fingerprint density at radius 3 is 2.00 bits per heavy atom. The lowest BCUT2D eigenvalue weighted by Gasteiger charge is -2.22. The van der Waals surface area contributed by atoms with E-state index in [1.165, 1.54) is 44.9 Å². The zero-order valence-corrected chi connectivity index (χ0v) is 16.0. The summed E-state index contributed by atoms with van der Waals surface area (Å²) in [5.41, 5.74) is 0. The van der Waals surface area contributed by atoms with Crippen LogP contribution >= 0.6 is 0 Å². The van der Waals surface area contributed by atoms with Crippen LogP contribution in [0.1, 0.15) is 90.4 Å². The van der Waals surface area contributed by atoms with Gasteiger partial charge < -0.3 is 19.3 Å². The second-order valence-electron chi connectivity index (χ2n) is 8.28. The van der Waals surface area contributed by atoms with E-state index >= 15 is 0 Å². The van der Waals surface area contributed by atoms with Crippen LogP contribution in [0.3, 0.4) is 0 Å². The molecule has 0 bridgehead atoms. The van der Waals surface area contributed by atoms with Gasteiger partial charge in [-0.05, 0) is 32.1 Å². The van der Waals surface area contributed by atoms with E-state index in [4.69, 9.17) is 14.2 Å². The first kappa shape index (κ1) is 19.6. The number of epoxide rings is 1. The van der Waals surface area contributed by atoms with Gasteiger partial charge in [-0.25, -0.2) is 0 Å². The first-order chi connectivity index (χ1) is 12.3. The minimum absolute atomic E-state index is 0.0226. The molecule has 3 fully saturated rings. The maximum absolute atomic E-state index is 10.4. The molecule has 0 spiro atoms. The van der Waals surface area contributed by atoms with E-state index in [9.17, 15) is 5.11 Å². The van der Waals surface area contributed by atoms with Crippen molar-refractivity contribution < 1.29 is 19.3 Å². The highest BCUT2D eigenvalue weighted by Gasteiger charge is 2.44. The molecule has 0 aromatic carbocycles. The van der Waals surface area contributed by atoms with Gasteiger partial charge >= 0.3 is 0 Å². The van der Waals surface area contributed by atoms with Gasteiger partial charge in [0.25, 0.3) is 0 Å². The molecule has 146 valence electrons. The molecule has 3 saturated heterocycles. The van der Waals surface area contributed by atoms with E-state index in [1.807, 2.05) is 0 Å². The lowest BCUT2D eigenvalue weighted by Crippen LogP contribution is -2.31. The molecule has 1 N–H and O–H groups in total. The Bertz CT molecular complexity index is 371. The van der Waals surface area contributed by atoms with Crippen LogP contribution in [-0.2, 0) is 14.2 Å². The molecule has 4 nitrogen and oxygen atoms in total. The molecular weight excluding hydrogens is 316 g/mol. The first-order valence-corrected chi connectivity index (χ1v) is 10.9. The van der Waals surface area contributed by atoms with Gasteiger partial charge in [-0.3, -0.25) is 0 Å². The zero-order valence-electron chi connectivity index (χ0n) is 16.0. The van der Waals surface area contributed by atoms with Gasteiger partial charge in [0, 0.05) is 0 Å². The molecule has 6 atom stereocenters. The van der Waals surface area contributed by atoms with Crippen LogP contribution in [0.25, 0.3) is 0 Å². The summed E-state index contributed by atoms with van der Waals surface area (Å²) in [6, 6.07) is 0. The molecule has 0 amide bonds. The smallest absolute Gasteiger partial charge is 0.107 e. The minimum Gasteiger partial charge on any atom is -0.390 e. The van der Waals surface area contributed by atoms with Crippen LogP contribution in [0.15, 0.2) is 0 Å². The summed E-state index contributed by atoms with van der Waals surface area (Å²) >= 11 is 0. The van der Waals surface area contributed by atoms with Crippen molar-refractivity contribution in [2.45, 2.75) is 127 Å². The molecule has 0 radical (unpaired) electrons. The van der Waals surface area contributed by atoms with Crippen LogP contribution < -0.4 is 0 Å². The molecule has 3 heterocycles.